The molecule has 0 heterocycles. The Labute approximate surface area is 93.2 Å². The number of urea groups is 1. The standard InChI is InChI=1S/C8H15ClN2O4/c1-14-4-5-15-3-2-10-8(13)11-7(12)6-9/h2-6H2,1H3,(H2,10,11,12,13). The van der Waals surface area contributed by atoms with Crippen molar-refractivity contribution < 1.29 is 19.1 Å². The maximum Gasteiger partial charge on any atom is 0.321 e. The van der Waals surface area contributed by atoms with Crippen molar-refractivity contribution in [1.29, 1.82) is 0 Å². The first kappa shape index (κ1) is 14.2. The van der Waals surface area contributed by atoms with Crippen molar-refractivity contribution in [3.63, 3.8) is 0 Å². The van der Waals surface area contributed by atoms with Gasteiger partial charge in [-0.1, -0.05) is 0 Å². The van der Waals surface area contributed by atoms with Crippen LogP contribution in [0.2, 0.25) is 0 Å². The van der Waals surface area contributed by atoms with Gasteiger partial charge in [-0.3, -0.25) is 10.1 Å². The highest BCUT2D eigenvalue weighted by atomic mass is 35.5. The Morgan fingerprint density at radius 3 is 2.60 bits per heavy atom. The lowest BCUT2D eigenvalue weighted by Crippen LogP contribution is -2.41. The van der Waals surface area contributed by atoms with Crippen molar-refractivity contribution in [1.82, 2.24) is 10.6 Å². The van der Waals surface area contributed by atoms with Gasteiger partial charge in [0, 0.05) is 13.7 Å². The number of carbonyl (C=O) groups is 2. The van der Waals surface area contributed by atoms with Crippen molar-refractivity contribution in [2.75, 3.05) is 39.4 Å². The van der Waals surface area contributed by atoms with E-state index in [0.29, 0.717) is 26.4 Å². The number of alkyl halides is 1. The van der Waals surface area contributed by atoms with Gasteiger partial charge in [0.25, 0.3) is 0 Å². The van der Waals surface area contributed by atoms with Gasteiger partial charge in [-0.05, 0) is 0 Å². The molecule has 0 fully saturated rings. The predicted molar refractivity (Wildman–Crippen MR) is 55.0 cm³/mol. The molecule has 0 atom stereocenters. The zero-order valence-electron chi connectivity index (χ0n) is 8.55. The molecular formula is C8H15ClN2O4. The highest BCUT2D eigenvalue weighted by molar-refractivity contribution is 6.28. The van der Waals surface area contributed by atoms with Gasteiger partial charge >= 0.3 is 6.03 Å². The summed E-state index contributed by atoms with van der Waals surface area (Å²) in [5.41, 5.74) is 0. The van der Waals surface area contributed by atoms with Crippen LogP contribution >= 0.6 is 11.6 Å². The van der Waals surface area contributed by atoms with E-state index < -0.39 is 11.9 Å². The van der Waals surface area contributed by atoms with Crippen molar-refractivity contribution in [3.05, 3.63) is 0 Å². The fraction of sp³-hybridized carbons (Fsp3) is 0.750. The Kier molecular flexibility index (Phi) is 9.15. The molecule has 0 saturated carbocycles. The number of ether oxygens (including phenoxy) is 2. The molecule has 3 amide bonds. The van der Waals surface area contributed by atoms with E-state index in [1.54, 1.807) is 7.11 Å². The lowest BCUT2D eigenvalue weighted by Gasteiger charge is -2.06. The van der Waals surface area contributed by atoms with Crippen LogP contribution in [0, 0.1) is 0 Å². The largest absolute Gasteiger partial charge is 0.382 e. The number of hydrogen-bond donors (Lipinski definition) is 2. The van der Waals surface area contributed by atoms with E-state index in [1.807, 2.05) is 5.32 Å². The highest BCUT2D eigenvalue weighted by Gasteiger charge is 2.04. The first-order chi connectivity index (χ1) is 7.20. The van der Waals surface area contributed by atoms with E-state index in [0.717, 1.165) is 0 Å². The van der Waals surface area contributed by atoms with Crippen LogP contribution in [0.5, 0.6) is 0 Å². The quantitative estimate of drug-likeness (QED) is 0.472. The Bertz CT molecular complexity index is 201. The minimum atomic E-state index is -0.573. The van der Waals surface area contributed by atoms with Gasteiger partial charge in [0.2, 0.25) is 5.91 Å². The summed E-state index contributed by atoms with van der Waals surface area (Å²) < 4.78 is 9.83. The Morgan fingerprint density at radius 2 is 2.00 bits per heavy atom. The fourth-order valence-corrected chi connectivity index (χ4v) is 0.752. The van der Waals surface area contributed by atoms with Gasteiger partial charge in [0.1, 0.15) is 5.88 Å². The maximum atomic E-state index is 10.9. The summed E-state index contributed by atoms with van der Waals surface area (Å²) in [7, 11) is 1.58. The monoisotopic (exact) mass is 238 g/mol. The second-order valence-electron chi connectivity index (χ2n) is 2.54. The van der Waals surface area contributed by atoms with Crippen LogP contribution in [-0.4, -0.2) is 51.3 Å². The molecule has 88 valence electrons. The lowest BCUT2D eigenvalue weighted by molar-refractivity contribution is -0.117. The third kappa shape index (κ3) is 9.45. The Balaban J connectivity index is 3.28. The maximum absolute atomic E-state index is 10.9. The van der Waals surface area contributed by atoms with Crippen LogP contribution in [0.4, 0.5) is 4.79 Å². The molecule has 0 aliphatic heterocycles. The van der Waals surface area contributed by atoms with Crippen LogP contribution in [-0.2, 0) is 14.3 Å². The summed E-state index contributed by atoms with van der Waals surface area (Å²) >= 11 is 5.18. The molecule has 7 heteroatoms. The molecule has 0 aromatic rings. The van der Waals surface area contributed by atoms with Crippen LogP contribution in [0.25, 0.3) is 0 Å². The molecular weight excluding hydrogens is 224 g/mol. The molecule has 0 aromatic carbocycles. The van der Waals surface area contributed by atoms with E-state index in [2.05, 4.69) is 5.32 Å². The van der Waals surface area contributed by atoms with Crippen LogP contribution in [0.1, 0.15) is 0 Å². The molecule has 15 heavy (non-hydrogen) atoms. The Morgan fingerprint density at radius 1 is 1.27 bits per heavy atom. The third-order valence-electron chi connectivity index (χ3n) is 1.34. The fourth-order valence-electron chi connectivity index (χ4n) is 0.685. The lowest BCUT2D eigenvalue weighted by atomic mass is 10.6. The molecule has 0 saturated heterocycles. The number of methoxy groups -OCH3 is 1. The van der Waals surface area contributed by atoms with Gasteiger partial charge in [-0.15, -0.1) is 11.6 Å². The second-order valence-corrected chi connectivity index (χ2v) is 2.81. The average Bonchev–Trinajstić information content (AvgIpc) is 2.23. The topological polar surface area (TPSA) is 76.7 Å². The number of imide groups is 1. The number of halogens is 1. The van der Waals surface area contributed by atoms with E-state index >= 15 is 0 Å². The summed E-state index contributed by atoms with van der Waals surface area (Å²) in [5, 5.41) is 4.46. The van der Waals surface area contributed by atoms with Crippen molar-refractivity contribution in [2.45, 2.75) is 0 Å². The van der Waals surface area contributed by atoms with Gasteiger partial charge in [0.05, 0.1) is 19.8 Å². The molecule has 6 nitrogen and oxygen atoms in total. The van der Waals surface area contributed by atoms with Crippen molar-refractivity contribution >= 4 is 23.5 Å². The molecule has 2 N–H and O–H groups in total. The summed E-state index contributed by atoms with van der Waals surface area (Å²) in [4.78, 5) is 21.6. The van der Waals surface area contributed by atoms with Crippen LogP contribution in [0.15, 0.2) is 0 Å². The molecule has 0 spiro atoms. The first-order valence-electron chi connectivity index (χ1n) is 4.41. The van der Waals surface area contributed by atoms with Gasteiger partial charge < -0.3 is 14.8 Å². The van der Waals surface area contributed by atoms with Crippen molar-refractivity contribution in [2.24, 2.45) is 0 Å². The number of carbonyl (C=O) groups excluding carboxylic acids is 2. The number of hydrogen-bond acceptors (Lipinski definition) is 4. The molecule has 0 aliphatic carbocycles. The number of amides is 3. The van der Waals surface area contributed by atoms with E-state index in [4.69, 9.17) is 21.1 Å². The molecule has 0 bridgehead atoms. The SMILES string of the molecule is COCCOCCNC(=O)NC(=O)CCl. The summed E-state index contributed by atoms with van der Waals surface area (Å²) in [5.74, 6) is -0.771. The third-order valence-corrected chi connectivity index (χ3v) is 1.58. The minimum absolute atomic E-state index is 0.238. The van der Waals surface area contributed by atoms with Crippen molar-refractivity contribution in [3.8, 4) is 0 Å². The number of nitrogens with one attached hydrogen (secondary N) is 2. The zero-order chi connectivity index (χ0) is 11.5. The average molecular weight is 239 g/mol. The van der Waals surface area contributed by atoms with E-state index in [-0.39, 0.29) is 5.88 Å². The van der Waals surface area contributed by atoms with Gasteiger partial charge in [-0.25, -0.2) is 4.79 Å². The molecule has 0 radical (unpaired) electrons. The summed E-state index contributed by atoms with van der Waals surface area (Å²) in [6.07, 6.45) is 0. The van der Waals surface area contributed by atoms with Gasteiger partial charge in [0.15, 0.2) is 0 Å². The normalized spacial score (nSPS) is 9.73. The smallest absolute Gasteiger partial charge is 0.321 e. The molecule has 0 unspecified atom stereocenters. The van der Waals surface area contributed by atoms with E-state index in [1.165, 1.54) is 0 Å². The molecule has 0 rings (SSSR count). The zero-order valence-corrected chi connectivity index (χ0v) is 9.30. The second kappa shape index (κ2) is 9.70. The van der Waals surface area contributed by atoms with Crippen LogP contribution in [0.3, 0.4) is 0 Å². The highest BCUT2D eigenvalue weighted by Crippen LogP contribution is 1.76. The number of rotatable bonds is 7. The van der Waals surface area contributed by atoms with Crippen LogP contribution < -0.4 is 10.6 Å². The summed E-state index contributed by atoms with van der Waals surface area (Å²) in [6, 6.07) is -0.573. The van der Waals surface area contributed by atoms with Gasteiger partial charge in [-0.2, -0.15) is 0 Å². The first-order valence-corrected chi connectivity index (χ1v) is 4.94. The Hall–Kier alpha value is -0.850. The predicted octanol–water partition coefficient (Wildman–Crippen LogP) is -0.286. The summed E-state index contributed by atoms with van der Waals surface area (Å²) in [6.45, 7) is 1.67. The van der Waals surface area contributed by atoms with E-state index in [9.17, 15) is 9.59 Å². The molecule has 0 aromatic heterocycles. The molecule has 0 aliphatic rings. The minimum Gasteiger partial charge on any atom is -0.382 e.